The highest BCUT2D eigenvalue weighted by atomic mass is 16.5. The standard InChI is InChI=1S/C12H18N2O4/c1-18-9(15)7-8-10(16)13-11(17)12(14-8)5-3-2-4-6-12/h8,14H,2-7H2,1H3,(H,13,16,17)/t8-/m0/s1. The van der Waals surface area contributed by atoms with Crippen LogP contribution in [0.1, 0.15) is 38.5 Å². The molecule has 1 saturated heterocycles. The molecule has 6 heteroatoms. The molecule has 2 aliphatic rings. The molecule has 100 valence electrons. The van der Waals surface area contributed by atoms with Crippen LogP contribution in [0.5, 0.6) is 0 Å². The Hall–Kier alpha value is -1.43. The van der Waals surface area contributed by atoms with E-state index in [0.717, 1.165) is 19.3 Å². The lowest BCUT2D eigenvalue weighted by molar-refractivity contribution is -0.148. The molecule has 0 aromatic carbocycles. The van der Waals surface area contributed by atoms with Gasteiger partial charge in [0.15, 0.2) is 0 Å². The second kappa shape index (κ2) is 5.06. The van der Waals surface area contributed by atoms with E-state index in [1.165, 1.54) is 7.11 Å². The van der Waals surface area contributed by atoms with Crippen LogP contribution in [0.25, 0.3) is 0 Å². The van der Waals surface area contributed by atoms with Gasteiger partial charge < -0.3 is 4.74 Å². The Kier molecular flexibility index (Phi) is 3.65. The van der Waals surface area contributed by atoms with Crippen molar-refractivity contribution in [3.05, 3.63) is 0 Å². The fourth-order valence-electron chi connectivity index (χ4n) is 2.70. The third kappa shape index (κ3) is 2.38. The van der Waals surface area contributed by atoms with Crippen LogP contribution in [0, 0.1) is 0 Å². The summed E-state index contributed by atoms with van der Waals surface area (Å²) in [5.74, 6) is -1.15. The Bertz CT molecular complexity index is 374. The van der Waals surface area contributed by atoms with E-state index in [1.54, 1.807) is 0 Å². The molecule has 2 amide bonds. The van der Waals surface area contributed by atoms with Crippen molar-refractivity contribution < 1.29 is 19.1 Å². The summed E-state index contributed by atoms with van der Waals surface area (Å²) in [5, 5.41) is 5.44. The van der Waals surface area contributed by atoms with Gasteiger partial charge in [-0.25, -0.2) is 0 Å². The largest absolute Gasteiger partial charge is 0.469 e. The van der Waals surface area contributed by atoms with Gasteiger partial charge in [0.25, 0.3) is 0 Å². The molecule has 1 aliphatic heterocycles. The summed E-state index contributed by atoms with van der Waals surface area (Å²) in [7, 11) is 1.28. The number of nitrogens with one attached hydrogen (secondary N) is 2. The Balaban J connectivity index is 2.10. The Morgan fingerprint density at radius 1 is 1.33 bits per heavy atom. The summed E-state index contributed by atoms with van der Waals surface area (Å²) >= 11 is 0. The van der Waals surface area contributed by atoms with Gasteiger partial charge in [0, 0.05) is 0 Å². The molecule has 18 heavy (non-hydrogen) atoms. The number of amides is 2. The molecule has 6 nitrogen and oxygen atoms in total. The van der Waals surface area contributed by atoms with Gasteiger partial charge in [-0.05, 0) is 12.8 Å². The van der Waals surface area contributed by atoms with Crippen LogP contribution in [-0.2, 0) is 19.1 Å². The first-order chi connectivity index (χ1) is 8.57. The number of hydrogen-bond donors (Lipinski definition) is 2. The predicted octanol–water partition coefficient (Wildman–Crippen LogP) is -0.133. The molecule has 0 radical (unpaired) electrons. The summed E-state index contributed by atoms with van der Waals surface area (Å²) in [6, 6.07) is -0.673. The minimum Gasteiger partial charge on any atom is -0.469 e. The van der Waals surface area contributed by atoms with E-state index in [0.29, 0.717) is 12.8 Å². The second-order valence-corrected chi connectivity index (χ2v) is 4.94. The maximum absolute atomic E-state index is 12.0. The highest BCUT2D eigenvalue weighted by molar-refractivity contribution is 6.05. The van der Waals surface area contributed by atoms with E-state index < -0.39 is 23.5 Å². The first-order valence-corrected chi connectivity index (χ1v) is 6.27. The average molecular weight is 254 g/mol. The van der Waals surface area contributed by atoms with Gasteiger partial charge in [0.2, 0.25) is 11.8 Å². The SMILES string of the molecule is COC(=O)C[C@@H]1NC2(CCCCC2)C(=O)NC1=O. The van der Waals surface area contributed by atoms with E-state index in [-0.39, 0.29) is 12.3 Å². The van der Waals surface area contributed by atoms with Crippen LogP contribution in [0.4, 0.5) is 0 Å². The van der Waals surface area contributed by atoms with E-state index in [9.17, 15) is 14.4 Å². The van der Waals surface area contributed by atoms with Crippen molar-refractivity contribution in [1.29, 1.82) is 0 Å². The lowest BCUT2D eigenvalue weighted by Gasteiger charge is -2.42. The highest BCUT2D eigenvalue weighted by Crippen LogP contribution is 2.30. The Labute approximate surface area is 105 Å². The van der Waals surface area contributed by atoms with Crippen LogP contribution in [0.2, 0.25) is 0 Å². The molecule has 1 heterocycles. The van der Waals surface area contributed by atoms with Crippen molar-refractivity contribution >= 4 is 17.8 Å². The lowest BCUT2D eigenvalue weighted by atomic mass is 9.78. The van der Waals surface area contributed by atoms with Gasteiger partial charge in [-0.3, -0.25) is 25.0 Å². The van der Waals surface area contributed by atoms with E-state index in [4.69, 9.17) is 0 Å². The molecular weight excluding hydrogens is 236 g/mol. The molecule has 1 aliphatic carbocycles. The van der Waals surface area contributed by atoms with Gasteiger partial charge in [-0.2, -0.15) is 0 Å². The minimum absolute atomic E-state index is 0.0443. The molecule has 2 rings (SSSR count). The first-order valence-electron chi connectivity index (χ1n) is 6.27. The summed E-state index contributed by atoms with van der Waals surface area (Å²) in [4.78, 5) is 34.9. The van der Waals surface area contributed by atoms with Crippen LogP contribution in [-0.4, -0.2) is 36.5 Å². The van der Waals surface area contributed by atoms with Crippen molar-refractivity contribution in [2.24, 2.45) is 0 Å². The van der Waals surface area contributed by atoms with E-state index >= 15 is 0 Å². The minimum atomic E-state index is -0.676. The van der Waals surface area contributed by atoms with Crippen molar-refractivity contribution in [3.63, 3.8) is 0 Å². The zero-order chi connectivity index (χ0) is 13.2. The number of imide groups is 1. The summed E-state index contributed by atoms with van der Waals surface area (Å²) in [6.07, 6.45) is 4.40. The molecule has 2 N–H and O–H groups in total. The normalized spacial score (nSPS) is 26.8. The summed E-state index contributed by atoms with van der Waals surface area (Å²) < 4.78 is 4.56. The van der Waals surface area contributed by atoms with Crippen molar-refractivity contribution in [2.45, 2.75) is 50.1 Å². The Morgan fingerprint density at radius 3 is 2.61 bits per heavy atom. The molecule has 2 fully saturated rings. The predicted molar refractivity (Wildman–Crippen MR) is 62.5 cm³/mol. The third-order valence-corrected chi connectivity index (χ3v) is 3.74. The summed E-state index contributed by atoms with van der Waals surface area (Å²) in [6.45, 7) is 0. The number of rotatable bonds is 2. The molecule has 1 saturated carbocycles. The number of hydrogen-bond acceptors (Lipinski definition) is 5. The molecular formula is C12H18N2O4. The summed E-state index contributed by atoms with van der Waals surface area (Å²) in [5.41, 5.74) is -0.676. The molecule has 0 unspecified atom stereocenters. The number of methoxy groups -OCH3 is 1. The van der Waals surface area contributed by atoms with Gasteiger partial charge in [0.05, 0.1) is 25.1 Å². The third-order valence-electron chi connectivity index (χ3n) is 3.74. The number of carbonyl (C=O) groups is 3. The smallest absolute Gasteiger partial charge is 0.307 e. The van der Waals surface area contributed by atoms with Crippen LogP contribution in [0.3, 0.4) is 0 Å². The zero-order valence-corrected chi connectivity index (χ0v) is 10.5. The molecule has 1 spiro atoms. The van der Waals surface area contributed by atoms with Crippen LogP contribution < -0.4 is 10.6 Å². The first kappa shape index (κ1) is 13.0. The lowest BCUT2D eigenvalue weighted by Crippen LogP contribution is -2.70. The maximum atomic E-state index is 12.0. The number of esters is 1. The van der Waals surface area contributed by atoms with Gasteiger partial charge >= 0.3 is 5.97 Å². The van der Waals surface area contributed by atoms with E-state index in [2.05, 4.69) is 15.4 Å². The monoisotopic (exact) mass is 254 g/mol. The number of ether oxygens (including phenoxy) is 1. The molecule has 1 atom stereocenters. The zero-order valence-electron chi connectivity index (χ0n) is 10.5. The molecule has 0 aromatic rings. The van der Waals surface area contributed by atoms with Crippen LogP contribution in [0.15, 0.2) is 0 Å². The fraction of sp³-hybridized carbons (Fsp3) is 0.750. The fourth-order valence-corrected chi connectivity index (χ4v) is 2.70. The quantitative estimate of drug-likeness (QED) is 0.529. The van der Waals surface area contributed by atoms with Gasteiger partial charge in [-0.15, -0.1) is 0 Å². The Morgan fingerprint density at radius 2 is 2.00 bits per heavy atom. The highest BCUT2D eigenvalue weighted by Gasteiger charge is 2.47. The van der Waals surface area contributed by atoms with E-state index in [1.807, 2.05) is 0 Å². The van der Waals surface area contributed by atoms with Crippen molar-refractivity contribution in [1.82, 2.24) is 10.6 Å². The molecule has 0 aromatic heterocycles. The van der Waals surface area contributed by atoms with Crippen LogP contribution >= 0.6 is 0 Å². The number of piperazine rings is 1. The molecule has 0 bridgehead atoms. The average Bonchev–Trinajstić information content (AvgIpc) is 2.37. The topological polar surface area (TPSA) is 84.5 Å². The maximum Gasteiger partial charge on any atom is 0.307 e. The van der Waals surface area contributed by atoms with Crippen molar-refractivity contribution in [2.75, 3.05) is 7.11 Å². The number of carbonyl (C=O) groups excluding carboxylic acids is 3. The van der Waals surface area contributed by atoms with Gasteiger partial charge in [0.1, 0.15) is 0 Å². The van der Waals surface area contributed by atoms with Gasteiger partial charge in [-0.1, -0.05) is 19.3 Å². The van der Waals surface area contributed by atoms with Crippen molar-refractivity contribution in [3.8, 4) is 0 Å². The second-order valence-electron chi connectivity index (χ2n) is 4.94.